The Kier molecular flexibility index (Phi) is 6.80. The second kappa shape index (κ2) is 9.95. The summed E-state index contributed by atoms with van der Waals surface area (Å²) in [4.78, 5) is 19.5. The van der Waals surface area contributed by atoms with Crippen LogP contribution >= 0.6 is 0 Å². The van der Waals surface area contributed by atoms with E-state index in [1.54, 1.807) is 37.8 Å². The highest BCUT2D eigenvalue weighted by molar-refractivity contribution is 5.76. The van der Waals surface area contributed by atoms with E-state index in [4.69, 9.17) is 0 Å². The number of carbonyl (C=O) groups is 1. The number of aliphatic hydroxyl groups excluding tert-OH is 1. The van der Waals surface area contributed by atoms with Gasteiger partial charge < -0.3 is 21.1 Å². The van der Waals surface area contributed by atoms with Gasteiger partial charge in [-0.2, -0.15) is 10.1 Å². The SMILES string of the molecule is CNC(=O)Cn1cc(Nc2ncc(F)c(NC(CO)c3cc(F)cc([N@+]4(C)C=CC=N4)c3)n2)cn1. The molecule has 0 spiro atoms. The minimum Gasteiger partial charge on any atom is -0.394 e. The number of hydrogen-bond donors (Lipinski definition) is 4. The van der Waals surface area contributed by atoms with Crippen molar-refractivity contribution in [1.82, 2.24) is 29.7 Å². The highest BCUT2D eigenvalue weighted by Gasteiger charge is 2.27. The number of allylic oxidation sites excluding steroid dienone is 1. The third-order valence-electron chi connectivity index (χ3n) is 5.31. The average Bonchev–Trinajstić information content (AvgIpc) is 3.48. The van der Waals surface area contributed by atoms with Crippen LogP contribution in [0.25, 0.3) is 0 Å². The molecule has 182 valence electrons. The van der Waals surface area contributed by atoms with Crippen molar-refractivity contribution in [3.8, 4) is 0 Å². The molecule has 1 aromatic carbocycles. The number of aliphatic hydroxyl groups is 1. The van der Waals surface area contributed by atoms with Crippen molar-refractivity contribution >= 4 is 35.3 Å². The van der Waals surface area contributed by atoms with E-state index in [2.05, 4.69) is 36.1 Å². The second-order valence-electron chi connectivity index (χ2n) is 7.87. The number of carbonyl (C=O) groups excluding carboxylic acids is 1. The standard InChI is InChI=1S/C22H23F2N9O2/c1-25-20(35)12-32-11-16(9-27-32)29-22-26-10-18(24)21(31-22)30-19(13-34)14-6-15(23)8-17(7-14)33(2)5-3-4-28-33/h3-11,19,34H,12-13H2,1-2H3,(H2-,25,26,29,30,31,35)/p+1/t19?,33-/m0/s1. The molecule has 0 fully saturated rings. The predicted molar refractivity (Wildman–Crippen MR) is 127 cm³/mol. The molecule has 4 rings (SSSR count). The number of rotatable bonds is 9. The topological polar surface area (TPSA) is 129 Å². The van der Waals surface area contributed by atoms with Gasteiger partial charge in [0.1, 0.15) is 25.6 Å². The number of aromatic nitrogens is 4. The van der Waals surface area contributed by atoms with E-state index in [0.29, 0.717) is 16.9 Å². The highest BCUT2D eigenvalue weighted by atomic mass is 19.1. The molecule has 2 aromatic heterocycles. The number of halogens is 2. The van der Waals surface area contributed by atoms with Crippen LogP contribution in [0, 0.1) is 11.6 Å². The van der Waals surface area contributed by atoms with Gasteiger partial charge in [-0.05, 0) is 11.6 Å². The Morgan fingerprint density at radius 2 is 2.09 bits per heavy atom. The van der Waals surface area contributed by atoms with Crippen LogP contribution in [-0.2, 0) is 11.3 Å². The van der Waals surface area contributed by atoms with E-state index in [1.807, 2.05) is 0 Å². The molecule has 2 atom stereocenters. The van der Waals surface area contributed by atoms with Crippen molar-refractivity contribution in [2.75, 3.05) is 31.3 Å². The van der Waals surface area contributed by atoms with Crippen LogP contribution < -0.4 is 20.5 Å². The molecule has 4 N–H and O–H groups in total. The molecule has 1 unspecified atom stereocenters. The van der Waals surface area contributed by atoms with Crippen LogP contribution in [-0.4, -0.2) is 57.7 Å². The van der Waals surface area contributed by atoms with Gasteiger partial charge in [0, 0.05) is 31.5 Å². The van der Waals surface area contributed by atoms with E-state index in [-0.39, 0.29) is 28.8 Å². The number of nitrogens with one attached hydrogen (secondary N) is 3. The summed E-state index contributed by atoms with van der Waals surface area (Å²) < 4.78 is 30.4. The average molecular weight is 484 g/mol. The van der Waals surface area contributed by atoms with Gasteiger partial charge in [0.2, 0.25) is 11.9 Å². The molecule has 1 amide bonds. The first kappa shape index (κ1) is 23.9. The smallest absolute Gasteiger partial charge is 0.241 e. The molecular formula is C22H24F2N9O2+. The Bertz CT molecular complexity index is 1280. The summed E-state index contributed by atoms with van der Waals surface area (Å²) in [5.41, 5.74) is 1.40. The molecule has 0 bridgehead atoms. The van der Waals surface area contributed by atoms with Gasteiger partial charge in [0.15, 0.2) is 17.3 Å². The summed E-state index contributed by atoms with van der Waals surface area (Å²) in [5, 5.41) is 26.6. The Morgan fingerprint density at radius 3 is 2.80 bits per heavy atom. The van der Waals surface area contributed by atoms with Gasteiger partial charge in [-0.15, -0.1) is 4.59 Å². The summed E-state index contributed by atoms with van der Waals surface area (Å²) in [6, 6.07) is 3.43. The summed E-state index contributed by atoms with van der Waals surface area (Å²) in [5.74, 6) is -1.63. The van der Waals surface area contributed by atoms with Crippen LogP contribution in [0.4, 0.5) is 31.9 Å². The first-order valence-corrected chi connectivity index (χ1v) is 10.6. The van der Waals surface area contributed by atoms with Crippen molar-refractivity contribution in [3.05, 3.63) is 66.3 Å². The third kappa shape index (κ3) is 5.47. The fourth-order valence-corrected chi connectivity index (χ4v) is 3.43. The quantitative estimate of drug-likeness (QED) is 0.342. The van der Waals surface area contributed by atoms with Gasteiger partial charge >= 0.3 is 0 Å². The van der Waals surface area contributed by atoms with Crippen LogP contribution in [0.3, 0.4) is 0 Å². The Morgan fingerprint density at radius 1 is 1.26 bits per heavy atom. The molecule has 3 aromatic rings. The van der Waals surface area contributed by atoms with Gasteiger partial charge in [-0.25, -0.2) is 13.8 Å². The van der Waals surface area contributed by atoms with E-state index in [1.165, 1.54) is 30.1 Å². The number of hydrogen-bond acceptors (Lipinski definition) is 8. The first-order valence-electron chi connectivity index (χ1n) is 10.6. The van der Waals surface area contributed by atoms with Crippen molar-refractivity contribution in [3.63, 3.8) is 0 Å². The summed E-state index contributed by atoms with van der Waals surface area (Å²) in [6.45, 7) is -0.424. The number of benzene rings is 1. The zero-order valence-electron chi connectivity index (χ0n) is 19.0. The maximum absolute atomic E-state index is 14.5. The molecule has 1 aliphatic rings. The molecule has 0 saturated heterocycles. The van der Waals surface area contributed by atoms with Crippen molar-refractivity contribution < 1.29 is 18.7 Å². The van der Waals surface area contributed by atoms with Crippen LogP contribution in [0.2, 0.25) is 0 Å². The zero-order valence-corrected chi connectivity index (χ0v) is 19.0. The normalized spacial score (nSPS) is 17.4. The van der Waals surface area contributed by atoms with Gasteiger partial charge in [-0.3, -0.25) is 9.48 Å². The maximum atomic E-state index is 14.5. The van der Waals surface area contributed by atoms with E-state index >= 15 is 0 Å². The minimum atomic E-state index is -0.862. The van der Waals surface area contributed by atoms with Crippen LogP contribution in [0.15, 0.2) is 54.2 Å². The summed E-state index contributed by atoms with van der Waals surface area (Å²) >= 11 is 0. The molecule has 0 saturated carbocycles. The minimum absolute atomic E-state index is 0.00639. The van der Waals surface area contributed by atoms with E-state index in [0.717, 1.165) is 6.20 Å². The highest BCUT2D eigenvalue weighted by Crippen LogP contribution is 2.30. The molecule has 1 aliphatic heterocycles. The number of nitrogens with zero attached hydrogens (tertiary/aromatic N) is 6. The lowest BCUT2D eigenvalue weighted by Gasteiger charge is -2.23. The van der Waals surface area contributed by atoms with Gasteiger partial charge in [-0.1, -0.05) is 5.10 Å². The lowest BCUT2D eigenvalue weighted by atomic mass is 10.1. The maximum Gasteiger partial charge on any atom is 0.241 e. The number of amides is 1. The summed E-state index contributed by atoms with van der Waals surface area (Å²) in [6.07, 6.45) is 9.14. The fraction of sp³-hybridized carbons (Fsp3) is 0.227. The zero-order chi connectivity index (χ0) is 25.0. The molecule has 35 heavy (non-hydrogen) atoms. The largest absolute Gasteiger partial charge is 0.394 e. The fourth-order valence-electron chi connectivity index (χ4n) is 3.43. The van der Waals surface area contributed by atoms with Crippen LogP contribution in [0.1, 0.15) is 11.6 Å². The Balaban J connectivity index is 1.54. The lowest BCUT2D eigenvalue weighted by molar-refractivity contribution is -0.121. The molecule has 0 radical (unpaired) electrons. The molecule has 11 nitrogen and oxygen atoms in total. The Hall–Kier alpha value is -4.23. The van der Waals surface area contributed by atoms with Crippen molar-refractivity contribution in [2.45, 2.75) is 12.6 Å². The number of quaternary nitrogens is 1. The van der Waals surface area contributed by atoms with Gasteiger partial charge in [0.05, 0.1) is 36.9 Å². The molecule has 13 heteroatoms. The summed E-state index contributed by atoms with van der Waals surface area (Å²) in [7, 11) is 3.30. The Labute approximate surface area is 199 Å². The monoisotopic (exact) mass is 484 g/mol. The number of anilines is 3. The van der Waals surface area contributed by atoms with Gasteiger partial charge in [0.25, 0.3) is 0 Å². The second-order valence-corrected chi connectivity index (χ2v) is 7.87. The number of likely N-dealkylation sites (N-methyl/N-ethyl adjacent to an activating group) is 1. The molecule has 3 heterocycles. The first-order chi connectivity index (χ1) is 16.8. The third-order valence-corrected chi connectivity index (χ3v) is 5.31. The molecule has 0 aliphatic carbocycles. The van der Waals surface area contributed by atoms with E-state index in [9.17, 15) is 18.7 Å². The molecular weight excluding hydrogens is 460 g/mol. The van der Waals surface area contributed by atoms with Crippen molar-refractivity contribution in [2.24, 2.45) is 5.10 Å². The lowest BCUT2D eigenvalue weighted by Crippen LogP contribution is -2.30. The van der Waals surface area contributed by atoms with Crippen LogP contribution in [0.5, 0.6) is 0 Å². The van der Waals surface area contributed by atoms with Crippen molar-refractivity contribution in [1.29, 1.82) is 0 Å². The predicted octanol–water partition coefficient (Wildman–Crippen LogP) is 2.04. The van der Waals surface area contributed by atoms with E-state index < -0.39 is 24.3 Å².